The second-order valence-corrected chi connectivity index (χ2v) is 5.66. The summed E-state index contributed by atoms with van der Waals surface area (Å²) in [5, 5.41) is 7.51. The predicted octanol–water partition coefficient (Wildman–Crippen LogP) is 2.52. The van der Waals surface area contributed by atoms with E-state index >= 15 is 0 Å². The van der Waals surface area contributed by atoms with Gasteiger partial charge in [-0.1, -0.05) is 37.2 Å². The Balaban J connectivity index is 1.61. The molecule has 1 aliphatic heterocycles. The molecule has 0 saturated carbocycles. The highest BCUT2D eigenvalue weighted by atomic mass is 16.5. The standard InChI is InChI=1S/C16H21N3O2/c1-11(2)17-9-5-8-15-18-16(19-21-15)13-10-20-14-7-4-3-6-12(13)14/h3-4,6-7,11,13,17H,5,8-10H2,1-2H3. The van der Waals surface area contributed by atoms with Crippen molar-refractivity contribution >= 4 is 0 Å². The van der Waals surface area contributed by atoms with E-state index in [0.717, 1.165) is 36.5 Å². The van der Waals surface area contributed by atoms with Crippen LogP contribution in [0.15, 0.2) is 28.8 Å². The highest BCUT2D eigenvalue weighted by Crippen LogP contribution is 2.36. The first-order chi connectivity index (χ1) is 10.2. The number of rotatable bonds is 6. The Morgan fingerprint density at radius 2 is 2.19 bits per heavy atom. The molecule has 0 saturated heterocycles. The van der Waals surface area contributed by atoms with Crippen LogP contribution < -0.4 is 10.1 Å². The van der Waals surface area contributed by atoms with Crippen LogP contribution in [-0.2, 0) is 6.42 Å². The number of nitrogens with zero attached hydrogens (tertiary/aromatic N) is 2. The van der Waals surface area contributed by atoms with E-state index in [-0.39, 0.29) is 5.92 Å². The number of fused-ring (bicyclic) bond motifs is 1. The lowest BCUT2D eigenvalue weighted by Gasteiger charge is -2.05. The first-order valence-electron chi connectivity index (χ1n) is 7.51. The van der Waals surface area contributed by atoms with Gasteiger partial charge in [-0.2, -0.15) is 4.98 Å². The van der Waals surface area contributed by atoms with Crippen molar-refractivity contribution in [3.63, 3.8) is 0 Å². The van der Waals surface area contributed by atoms with E-state index in [9.17, 15) is 0 Å². The van der Waals surface area contributed by atoms with Crippen molar-refractivity contribution in [1.82, 2.24) is 15.5 Å². The number of ether oxygens (including phenoxy) is 1. The average molecular weight is 287 g/mol. The van der Waals surface area contributed by atoms with E-state index in [4.69, 9.17) is 9.26 Å². The van der Waals surface area contributed by atoms with E-state index in [1.54, 1.807) is 0 Å². The van der Waals surface area contributed by atoms with E-state index in [1.807, 2.05) is 18.2 Å². The molecular formula is C16H21N3O2. The Kier molecular flexibility index (Phi) is 4.20. The maximum Gasteiger partial charge on any atom is 0.226 e. The summed E-state index contributed by atoms with van der Waals surface area (Å²) in [5.41, 5.74) is 1.14. The highest BCUT2D eigenvalue weighted by molar-refractivity contribution is 5.42. The van der Waals surface area contributed by atoms with Crippen LogP contribution in [0.5, 0.6) is 5.75 Å². The van der Waals surface area contributed by atoms with E-state index in [2.05, 4.69) is 35.4 Å². The van der Waals surface area contributed by atoms with Crippen LogP contribution in [0.4, 0.5) is 0 Å². The zero-order valence-corrected chi connectivity index (χ0v) is 12.5. The lowest BCUT2D eigenvalue weighted by Crippen LogP contribution is -2.23. The fourth-order valence-corrected chi connectivity index (χ4v) is 2.52. The molecule has 1 unspecified atom stereocenters. The van der Waals surface area contributed by atoms with Crippen molar-refractivity contribution in [2.75, 3.05) is 13.2 Å². The third-order valence-corrected chi connectivity index (χ3v) is 3.62. The Morgan fingerprint density at radius 3 is 3.05 bits per heavy atom. The van der Waals surface area contributed by atoms with Crippen LogP contribution in [-0.4, -0.2) is 29.3 Å². The molecule has 112 valence electrons. The Morgan fingerprint density at radius 1 is 1.33 bits per heavy atom. The number of aryl methyl sites for hydroxylation is 1. The molecule has 0 bridgehead atoms. The normalized spacial score (nSPS) is 17.0. The molecule has 0 fully saturated rings. The topological polar surface area (TPSA) is 60.2 Å². The molecule has 0 aliphatic carbocycles. The molecule has 2 aromatic rings. The molecule has 1 aliphatic rings. The van der Waals surface area contributed by atoms with Gasteiger partial charge in [-0.25, -0.2) is 0 Å². The van der Waals surface area contributed by atoms with Gasteiger partial charge in [-0.05, 0) is 19.0 Å². The maximum atomic E-state index is 5.67. The molecule has 5 nitrogen and oxygen atoms in total. The highest BCUT2D eigenvalue weighted by Gasteiger charge is 2.29. The van der Waals surface area contributed by atoms with Crippen LogP contribution in [0.1, 0.15) is 43.5 Å². The van der Waals surface area contributed by atoms with Crippen LogP contribution in [0.2, 0.25) is 0 Å². The summed E-state index contributed by atoms with van der Waals surface area (Å²) >= 11 is 0. The molecule has 1 aromatic heterocycles. The molecule has 5 heteroatoms. The quantitative estimate of drug-likeness (QED) is 0.827. The fourth-order valence-electron chi connectivity index (χ4n) is 2.52. The minimum Gasteiger partial charge on any atom is -0.492 e. The molecule has 3 rings (SSSR count). The molecule has 2 heterocycles. The number of benzene rings is 1. The van der Waals surface area contributed by atoms with Gasteiger partial charge in [0.1, 0.15) is 12.4 Å². The summed E-state index contributed by atoms with van der Waals surface area (Å²) in [6.45, 7) is 5.84. The summed E-state index contributed by atoms with van der Waals surface area (Å²) < 4.78 is 11.0. The molecule has 1 N–H and O–H groups in total. The third kappa shape index (κ3) is 3.24. The fraction of sp³-hybridized carbons (Fsp3) is 0.500. The smallest absolute Gasteiger partial charge is 0.226 e. The number of para-hydroxylation sites is 1. The van der Waals surface area contributed by atoms with Crippen molar-refractivity contribution in [3.8, 4) is 5.75 Å². The second-order valence-electron chi connectivity index (χ2n) is 5.66. The van der Waals surface area contributed by atoms with Gasteiger partial charge in [0.05, 0.1) is 5.92 Å². The van der Waals surface area contributed by atoms with Crippen LogP contribution >= 0.6 is 0 Å². The first kappa shape index (κ1) is 14.1. The Labute approximate surface area is 124 Å². The van der Waals surface area contributed by atoms with Gasteiger partial charge >= 0.3 is 0 Å². The van der Waals surface area contributed by atoms with E-state index in [1.165, 1.54) is 0 Å². The lowest BCUT2D eigenvalue weighted by atomic mass is 10.0. The number of aromatic nitrogens is 2. The second kappa shape index (κ2) is 6.26. The van der Waals surface area contributed by atoms with Crippen molar-refractivity contribution < 1.29 is 9.26 Å². The Hall–Kier alpha value is -1.88. The molecule has 1 atom stereocenters. The van der Waals surface area contributed by atoms with Gasteiger partial charge in [-0.15, -0.1) is 0 Å². The minimum atomic E-state index is 0.0903. The summed E-state index contributed by atoms with van der Waals surface area (Å²) in [4.78, 5) is 4.52. The van der Waals surface area contributed by atoms with Gasteiger partial charge in [0.15, 0.2) is 5.82 Å². The van der Waals surface area contributed by atoms with Gasteiger partial charge in [-0.3, -0.25) is 0 Å². The Bertz CT molecular complexity index is 595. The van der Waals surface area contributed by atoms with Crippen LogP contribution in [0.25, 0.3) is 0 Å². The molecule has 1 aromatic carbocycles. The van der Waals surface area contributed by atoms with Crippen molar-refractivity contribution in [1.29, 1.82) is 0 Å². The molecule has 0 amide bonds. The molecule has 21 heavy (non-hydrogen) atoms. The van der Waals surface area contributed by atoms with Crippen molar-refractivity contribution in [3.05, 3.63) is 41.5 Å². The summed E-state index contributed by atoms with van der Waals surface area (Å²) in [7, 11) is 0. The maximum absolute atomic E-state index is 5.67. The van der Waals surface area contributed by atoms with E-state index in [0.29, 0.717) is 18.5 Å². The lowest BCUT2D eigenvalue weighted by molar-refractivity contribution is 0.331. The zero-order chi connectivity index (χ0) is 14.7. The van der Waals surface area contributed by atoms with Gasteiger partial charge in [0.25, 0.3) is 0 Å². The molecule has 0 radical (unpaired) electrons. The zero-order valence-electron chi connectivity index (χ0n) is 12.5. The van der Waals surface area contributed by atoms with Crippen LogP contribution in [0.3, 0.4) is 0 Å². The number of hydrogen-bond acceptors (Lipinski definition) is 5. The van der Waals surface area contributed by atoms with Crippen molar-refractivity contribution in [2.45, 2.75) is 38.6 Å². The number of nitrogens with one attached hydrogen (secondary N) is 1. The first-order valence-corrected chi connectivity index (χ1v) is 7.51. The van der Waals surface area contributed by atoms with E-state index < -0.39 is 0 Å². The van der Waals surface area contributed by atoms with Gasteiger partial charge in [0.2, 0.25) is 5.89 Å². The summed E-state index contributed by atoms with van der Waals surface area (Å²) in [6.07, 6.45) is 1.81. The van der Waals surface area contributed by atoms with Gasteiger partial charge < -0.3 is 14.6 Å². The predicted molar refractivity (Wildman–Crippen MR) is 79.5 cm³/mol. The summed E-state index contributed by atoms with van der Waals surface area (Å²) in [5.74, 6) is 2.45. The number of hydrogen-bond donors (Lipinski definition) is 1. The monoisotopic (exact) mass is 287 g/mol. The average Bonchev–Trinajstić information content (AvgIpc) is 3.09. The van der Waals surface area contributed by atoms with Crippen molar-refractivity contribution in [2.24, 2.45) is 0 Å². The SMILES string of the molecule is CC(C)NCCCc1nc(C2COc3ccccc32)no1. The van der Waals surface area contributed by atoms with Crippen LogP contribution in [0, 0.1) is 0 Å². The van der Waals surface area contributed by atoms with Gasteiger partial charge in [0, 0.05) is 18.0 Å². The summed E-state index contributed by atoms with van der Waals surface area (Å²) in [6, 6.07) is 8.54. The molecular weight excluding hydrogens is 266 g/mol. The molecule has 0 spiro atoms. The third-order valence-electron chi connectivity index (χ3n) is 3.62. The largest absolute Gasteiger partial charge is 0.492 e. The minimum absolute atomic E-state index is 0.0903.